The molecular formula is C8H17NO6. The number of hydrogen-bond donors (Lipinski definition) is 5. The van der Waals surface area contributed by atoms with E-state index < -0.39 is 30.7 Å². The number of rotatable bonds is 5. The van der Waals surface area contributed by atoms with E-state index in [9.17, 15) is 9.59 Å². The Hall–Kier alpha value is -1.18. The number of nitrogens with two attached hydrogens (primary N) is 1. The minimum Gasteiger partial charge on any atom is -0.481 e. The van der Waals surface area contributed by atoms with Crippen LogP contribution in [0.4, 0.5) is 0 Å². The highest BCUT2D eigenvalue weighted by atomic mass is 16.4. The predicted octanol–water partition coefficient (Wildman–Crippen LogP) is -1.03. The summed E-state index contributed by atoms with van der Waals surface area (Å²) in [5.74, 6) is -2.85. The summed E-state index contributed by atoms with van der Waals surface area (Å²) < 4.78 is 0. The lowest BCUT2D eigenvalue weighted by Gasteiger charge is -1.97. The summed E-state index contributed by atoms with van der Waals surface area (Å²) in [5.41, 5.74) is 4.96. The zero-order valence-corrected chi connectivity index (χ0v) is 8.46. The molecule has 0 aliphatic rings. The van der Waals surface area contributed by atoms with Crippen LogP contribution in [-0.4, -0.2) is 44.7 Å². The quantitative estimate of drug-likeness (QED) is 0.375. The van der Waals surface area contributed by atoms with Crippen molar-refractivity contribution >= 4 is 11.9 Å². The largest absolute Gasteiger partial charge is 0.481 e. The Morgan fingerprint density at radius 2 is 1.73 bits per heavy atom. The fourth-order valence-corrected chi connectivity index (χ4v) is 0.548. The number of carboxylic acids is 2. The smallest absolute Gasteiger partial charge is 0.333 e. The highest BCUT2D eigenvalue weighted by Gasteiger charge is 2.16. The van der Waals surface area contributed by atoms with Gasteiger partial charge in [-0.1, -0.05) is 13.3 Å². The molecule has 6 N–H and O–H groups in total. The number of aliphatic hydroxyl groups is 2. The molecule has 90 valence electrons. The van der Waals surface area contributed by atoms with Crippen LogP contribution in [0.15, 0.2) is 0 Å². The van der Waals surface area contributed by atoms with Crippen molar-refractivity contribution < 1.29 is 30.0 Å². The Morgan fingerprint density at radius 1 is 1.27 bits per heavy atom. The van der Waals surface area contributed by atoms with Crippen molar-refractivity contribution in [2.45, 2.75) is 38.5 Å². The van der Waals surface area contributed by atoms with Crippen molar-refractivity contribution in [1.82, 2.24) is 0 Å². The fourth-order valence-electron chi connectivity index (χ4n) is 0.548. The number of carbonyl (C=O) groups is 2. The molecule has 0 aromatic rings. The third-order valence-electron chi connectivity index (χ3n) is 1.24. The van der Waals surface area contributed by atoms with Crippen LogP contribution in [0.3, 0.4) is 0 Å². The van der Waals surface area contributed by atoms with E-state index in [2.05, 4.69) is 0 Å². The highest BCUT2D eigenvalue weighted by Crippen LogP contribution is 1.89. The van der Waals surface area contributed by atoms with Crippen LogP contribution in [-0.2, 0) is 9.59 Å². The number of hydrogen-bond acceptors (Lipinski definition) is 5. The zero-order chi connectivity index (χ0) is 12.4. The average molecular weight is 223 g/mol. The lowest BCUT2D eigenvalue weighted by atomic mass is 10.3. The SMILES string of the molecule is CCCC(N)O.O=C(O)CC(O)C(=O)O. The summed E-state index contributed by atoms with van der Waals surface area (Å²) in [6.45, 7) is 1.98. The van der Waals surface area contributed by atoms with Crippen LogP contribution < -0.4 is 5.73 Å². The second-order valence-electron chi connectivity index (χ2n) is 2.81. The molecule has 0 saturated carbocycles. The monoisotopic (exact) mass is 223 g/mol. The van der Waals surface area contributed by atoms with E-state index in [1.54, 1.807) is 0 Å². The van der Waals surface area contributed by atoms with Gasteiger partial charge in [0.2, 0.25) is 0 Å². The molecule has 0 aromatic carbocycles. The molecule has 15 heavy (non-hydrogen) atoms. The summed E-state index contributed by atoms with van der Waals surface area (Å²) in [6.07, 6.45) is -1.48. The molecule has 0 aliphatic heterocycles. The van der Waals surface area contributed by atoms with Crippen molar-refractivity contribution in [3.8, 4) is 0 Å². The van der Waals surface area contributed by atoms with Gasteiger partial charge in [0.25, 0.3) is 0 Å². The minimum absolute atomic E-state index is 0.602. The van der Waals surface area contributed by atoms with Crippen LogP contribution >= 0.6 is 0 Å². The zero-order valence-electron chi connectivity index (χ0n) is 8.46. The molecule has 7 heteroatoms. The van der Waals surface area contributed by atoms with E-state index in [0.717, 1.165) is 6.42 Å². The third-order valence-corrected chi connectivity index (χ3v) is 1.24. The van der Waals surface area contributed by atoms with Crippen LogP contribution in [0.1, 0.15) is 26.2 Å². The molecule has 0 heterocycles. The van der Waals surface area contributed by atoms with Gasteiger partial charge in [-0.05, 0) is 6.42 Å². The van der Waals surface area contributed by atoms with E-state index >= 15 is 0 Å². The molecule has 2 unspecified atom stereocenters. The van der Waals surface area contributed by atoms with Gasteiger partial charge in [0.1, 0.15) is 6.23 Å². The molecular weight excluding hydrogens is 206 g/mol. The van der Waals surface area contributed by atoms with Crippen LogP contribution in [0, 0.1) is 0 Å². The summed E-state index contributed by atoms with van der Waals surface area (Å²) in [5, 5.41) is 32.5. The highest BCUT2D eigenvalue weighted by molar-refractivity contribution is 5.79. The number of aliphatic hydroxyl groups excluding tert-OH is 2. The van der Waals surface area contributed by atoms with Gasteiger partial charge >= 0.3 is 11.9 Å². The Bertz CT molecular complexity index is 194. The Labute approximate surface area is 87.1 Å². The second-order valence-corrected chi connectivity index (χ2v) is 2.81. The van der Waals surface area contributed by atoms with Gasteiger partial charge in [-0.15, -0.1) is 0 Å². The molecule has 0 aromatic heterocycles. The Balaban J connectivity index is 0. The second kappa shape index (κ2) is 9.38. The van der Waals surface area contributed by atoms with Crippen molar-refractivity contribution in [2.24, 2.45) is 5.73 Å². The molecule has 0 rings (SSSR count). The molecule has 0 radical (unpaired) electrons. The molecule has 2 atom stereocenters. The fraction of sp³-hybridized carbons (Fsp3) is 0.750. The van der Waals surface area contributed by atoms with Gasteiger partial charge < -0.3 is 26.2 Å². The lowest BCUT2D eigenvalue weighted by Crippen LogP contribution is -2.22. The van der Waals surface area contributed by atoms with Gasteiger partial charge in [0, 0.05) is 0 Å². The first-order valence-corrected chi connectivity index (χ1v) is 4.37. The third kappa shape index (κ3) is 15.6. The van der Waals surface area contributed by atoms with E-state index in [4.69, 9.17) is 26.2 Å². The number of aliphatic carboxylic acids is 2. The molecule has 0 bridgehead atoms. The topological polar surface area (TPSA) is 141 Å². The molecule has 0 spiro atoms. The van der Waals surface area contributed by atoms with Gasteiger partial charge in [-0.3, -0.25) is 4.79 Å². The van der Waals surface area contributed by atoms with Crippen LogP contribution in [0.2, 0.25) is 0 Å². The Kier molecular flexibility index (Phi) is 10.2. The molecule has 0 fully saturated rings. The van der Waals surface area contributed by atoms with Gasteiger partial charge in [0.15, 0.2) is 6.10 Å². The maximum atomic E-state index is 9.72. The van der Waals surface area contributed by atoms with Crippen molar-refractivity contribution in [1.29, 1.82) is 0 Å². The first-order valence-electron chi connectivity index (χ1n) is 4.37. The van der Waals surface area contributed by atoms with Crippen molar-refractivity contribution in [3.05, 3.63) is 0 Å². The first-order chi connectivity index (χ1) is 6.81. The lowest BCUT2D eigenvalue weighted by molar-refractivity contribution is -0.152. The van der Waals surface area contributed by atoms with Crippen LogP contribution in [0.25, 0.3) is 0 Å². The van der Waals surface area contributed by atoms with Gasteiger partial charge in [-0.25, -0.2) is 4.79 Å². The number of carboxylic acid groups (broad SMARTS) is 2. The molecule has 0 aliphatic carbocycles. The van der Waals surface area contributed by atoms with E-state index in [1.165, 1.54) is 0 Å². The standard InChI is InChI=1S/C4H11NO.C4H6O5/c1-2-3-4(5)6;5-2(4(8)9)1-3(6)7/h4,6H,2-3,5H2,1H3;2,5H,1H2,(H,6,7)(H,8,9). The van der Waals surface area contributed by atoms with Crippen LogP contribution in [0.5, 0.6) is 0 Å². The molecule has 0 amide bonds. The van der Waals surface area contributed by atoms with E-state index in [1.807, 2.05) is 6.92 Å². The first kappa shape index (κ1) is 16.3. The summed E-state index contributed by atoms with van der Waals surface area (Å²) in [4.78, 5) is 19.4. The van der Waals surface area contributed by atoms with Gasteiger partial charge in [-0.2, -0.15) is 0 Å². The Morgan fingerprint density at radius 3 is 1.80 bits per heavy atom. The predicted molar refractivity (Wildman–Crippen MR) is 51.0 cm³/mol. The molecule has 7 nitrogen and oxygen atoms in total. The van der Waals surface area contributed by atoms with E-state index in [0.29, 0.717) is 6.42 Å². The molecule has 0 saturated heterocycles. The maximum Gasteiger partial charge on any atom is 0.333 e. The normalized spacial score (nSPS) is 13.3. The summed E-state index contributed by atoms with van der Waals surface area (Å²) in [7, 11) is 0. The van der Waals surface area contributed by atoms with Crippen molar-refractivity contribution in [2.75, 3.05) is 0 Å². The average Bonchev–Trinajstić information content (AvgIpc) is 2.03. The maximum absolute atomic E-state index is 9.72. The van der Waals surface area contributed by atoms with E-state index in [-0.39, 0.29) is 0 Å². The van der Waals surface area contributed by atoms with Gasteiger partial charge in [0.05, 0.1) is 6.42 Å². The summed E-state index contributed by atoms with van der Waals surface area (Å²) >= 11 is 0. The summed E-state index contributed by atoms with van der Waals surface area (Å²) in [6, 6.07) is 0. The minimum atomic E-state index is -1.79. The van der Waals surface area contributed by atoms with Crippen molar-refractivity contribution in [3.63, 3.8) is 0 Å².